The number of thiol groups is 2. The summed E-state index contributed by atoms with van der Waals surface area (Å²) in [5.41, 5.74) is 0. The molecular formula is C40H78MgO4S2. The van der Waals surface area contributed by atoms with Crippen LogP contribution in [0.4, 0.5) is 0 Å². The second-order valence-corrected chi connectivity index (χ2v) is 15.1. The van der Waals surface area contributed by atoms with E-state index in [1.165, 1.54) is 180 Å². The molecule has 0 amide bonds. The number of carbonyl (C=O) groups excluding carboxylic acids is 2. The zero-order chi connectivity index (χ0) is 34.4. The number of unbranched alkanes of at least 4 members (excludes halogenated alkanes) is 30. The summed E-state index contributed by atoms with van der Waals surface area (Å²) in [5, 5.41) is 19.8. The molecule has 0 saturated heterocycles. The zero-order valence-electron chi connectivity index (χ0n) is 31.4. The van der Waals surface area contributed by atoms with Crippen LogP contribution in [0, 0.1) is 0 Å². The maximum Gasteiger partial charge on any atom is 2.00 e. The first kappa shape index (κ1) is 51.8. The molecule has 276 valence electrons. The van der Waals surface area contributed by atoms with E-state index >= 15 is 0 Å². The molecule has 0 aromatic rings. The quantitative estimate of drug-likeness (QED) is 0.0385. The largest absolute Gasteiger partial charge is 2.00 e. The van der Waals surface area contributed by atoms with E-state index in [4.69, 9.17) is 0 Å². The number of rotatable bonds is 36. The third kappa shape index (κ3) is 46.4. The Hall–Kier alpha value is 0.406. The normalized spacial score (nSPS) is 12.2. The van der Waals surface area contributed by atoms with Gasteiger partial charge in [0.1, 0.15) is 0 Å². The second-order valence-electron chi connectivity index (χ2n) is 13.9. The first-order chi connectivity index (χ1) is 22.4. The molecule has 0 aliphatic rings. The van der Waals surface area contributed by atoms with Crippen molar-refractivity contribution in [2.24, 2.45) is 0 Å². The molecule has 0 aromatic heterocycles. The third-order valence-corrected chi connectivity index (χ3v) is 10.1. The van der Waals surface area contributed by atoms with E-state index in [-0.39, 0.29) is 23.1 Å². The molecule has 0 fully saturated rings. The van der Waals surface area contributed by atoms with Crippen LogP contribution in [0.25, 0.3) is 0 Å². The molecule has 0 spiro atoms. The maximum absolute atomic E-state index is 10.5. The molecule has 0 bridgehead atoms. The molecular weight excluding hydrogens is 633 g/mol. The summed E-state index contributed by atoms with van der Waals surface area (Å²) in [5.74, 6) is -2.07. The van der Waals surface area contributed by atoms with Gasteiger partial charge in [0, 0.05) is 10.5 Å². The topological polar surface area (TPSA) is 80.3 Å². The van der Waals surface area contributed by atoms with Crippen LogP contribution in [-0.2, 0) is 9.59 Å². The minimum absolute atomic E-state index is 0. The summed E-state index contributed by atoms with van der Waals surface area (Å²) in [4.78, 5) is 21.0. The molecule has 2 unspecified atom stereocenters. The monoisotopic (exact) mass is 711 g/mol. The molecule has 0 aliphatic carbocycles. The number of hydrogen-bond donors (Lipinski definition) is 2. The van der Waals surface area contributed by atoms with Crippen molar-refractivity contribution in [3.63, 3.8) is 0 Å². The average Bonchev–Trinajstić information content (AvgIpc) is 3.04. The van der Waals surface area contributed by atoms with Crippen molar-refractivity contribution in [3.05, 3.63) is 0 Å². The maximum atomic E-state index is 10.5. The molecule has 0 aromatic carbocycles. The summed E-state index contributed by atoms with van der Waals surface area (Å²) in [7, 11) is 0. The molecule has 4 nitrogen and oxygen atoms in total. The fourth-order valence-electron chi connectivity index (χ4n) is 6.01. The Kier molecular flexibility index (Phi) is 48.9. The van der Waals surface area contributed by atoms with Gasteiger partial charge in [-0.05, 0) is 12.8 Å². The number of carbonyl (C=O) groups is 2. The average molecular weight is 711 g/mol. The van der Waals surface area contributed by atoms with E-state index in [9.17, 15) is 19.8 Å². The molecule has 7 heteroatoms. The van der Waals surface area contributed by atoms with Gasteiger partial charge in [-0.2, -0.15) is 25.3 Å². The van der Waals surface area contributed by atoms with Gasteiger partial charge in [-0.15, -0.1) is 0 Å². The Morgan fingerprint density at radius 2 is 0.511 bits per heavy atom. The second kappa shape index (κ2) is 44.4. The van der Waals surface area contributed by atoms with Gasteiger partial charge < -0.3 is 19.8 Å². The standard InChI is InChI=1S/2C20H40O2S.Mg/c2*1-2-3-4-5-6-7-8-9-10-11-12-13-14-15-16-17-18-19(23)20(21)22;/h2*19,23H,2-18H2,1H3,(H,21,22);/q;;+2/p-2. The minimum atomic E-state index is -1.03. The smallest absolute Gasteiger partial charge is 0.549 e. The first-order valence-electron chi connectivity index (χ1n) is 20.1. The van der Waals surface area contributed by atoms with Crippen molar-refractivity contribution in [1.82, 2.24) is 0 Å². The van der Waals surface area contributed by atoms with Crippen molar-refractivity contribution in [2.45, 2.75) is 243 Å². The molecule has 2 atom stereocenters. The SMILES string of the molecule is CCCCCCCCCCCCCCCCCCC(S)C(=O)[O-].CCCCCCCCCCCCCCCCCCC(S)C(=O)[O-].[Mg+2]. The van der Waals surface area contributed by atoms with E-state index in [0.29, 0.717) is 12.8 Å². The van der Waals surface area contributed by atoms with Gasteiger partial charge in [0.15, 0.2) is 0 Å². The van der Waals surface area contributed by atoms with Gasteiger partial charge in [-0.1, -0.05) is 219 Å². The van der Waals surface area contributed by atoms with Crippen LogP contribution >= 0.6 is 25.3 Å². The van der Waals surface area contributed by atoms with Gasteiger partial charge in [0.25, 0.3) is 0 Å². The van der Waals surface area contributed by atoms with Crippen LogP contribution < -0.4 is 10.2 Å². The Morgan fingerprint density at radius 3 is 0.660 bits per heavy atom. The van der Waals surface area contributed by atoms with Crippen molar-refractivity contribution in [3.8, 4) is 0 Å². The summed E-state index contributed by atoms with van der Waals surface area (Å²) in [6.45, 7) is 4.54. The number of carboxylic acids is 2. The minimum Gasteiger partial charge on any atom is -0.549 e. The van der Waals surface area contributed by atoms with E-state index < -0.39 is 22.4 Å². The summed E-state index contributed by atoms with van der Waals surface area (Å²) in [6.07, 6.45) is 44.1. The Labute approximate surface area is 320 Å². The molecule has 0 heterocycles. The van der Waals surface area contributed by atoms with Crippen LogP contribution in [0.5, 0.6) is 0 Å². The predicted octanol–water partition coefficient (Wildman–Crippen LogP) is 11.0. The van der Waals surface area contributed by atoms with Gasteiger partial charge in [-0.25, -0.2) is 0 Å². The summed E-state index contributed by atoms with van der Waals surface area (Å²) >= 11 is 7.98. The van der Waals surface area contributed by atoms with Gasteiger partial charge in [0.2, 0.25) is 0 Å². The van der Waals surface area contributed by atoms with Crippen LogP contribution in [0.1, 0.15) is 232 Å². The van der Waals surface area contributed by atoms with Crippen LogP contribution in [0.3, 0.4) is 0 Å². The third-order valence-electron chi connectivity index (χ3n) is 9.21. The first-order valence-corrected chi connectivity index (χ1v) is 21.2. The number of carboxylic acid groups (broad SMARTS) is 2. The Morgan fingerprint density at radius 1 is 0.362 bits per heavy atom. The van der Waals surface area contributed by atoms with Crippen molar-refractivity contribution in [1.29, 1.82) is 0 Å². The fraction of sp³-hybridized carbons (Fsp3) is 0.950. The number of aliphatic carboxylic acids is 2. The molecule has 0 rings (SSSR count). The molecule has 0 radical (unpaired) electrons. The van der Waals surface area contributed by atoms with E-state index in [0.717, 1.165) is 25.7 Å². The van der Waals surface area contributed by atoms with Gasteiger partial charge in [-0.3, -0.25) is 0 Å². The van der Waals surface area contributed by atoms with Crippen LogP contribution in [0.15, 0.2) is 0 Å². The van der Waals surface area contributed by atoms with Gasteiger partial charge in [0.05, 0.1) is 11.9 Å². The van der Waals surface area contributed by atoms with Crippen molar-refractivity contribution < 1.29 is 19.8 Å². The molecule has 47 heavy (non-hydrogen) atoms. The summed E-state index contributed by atoms with van der Waals surface area (Å²) < 4.78 is 0. The zero-order valence-corrected chi connectivity index (χ0v) is 34.6. The molecule has 0 saturated carbocycles. The van der Waals surface area contributed by atoms with E-state index in [2.05, 4.69) is 39.1 Å². The van der Waals surface area contributed by atoms with Crippen molar-refractivity contribution >= 4 is 60.2 Å². The molecule has 0 aliphatic heterocycles. The Bertz CT molecular complexity index is 571. The van der Waals surface area contributed by atoms with Crippen LogP contribution in [0.2, 0.25) is 0 Å². The fourth-order valence-corrected chi connectivity index (χ4v) is 6.37. The van der Waals surface area contributed by atoms with Crippen molar-refractivity contribution in [2.75, 3.05) is 0 Å². The number of hydrogen-bond acceptors (Lipinski definition) is 6. The van der Waals surface area contributed by atoms with Crippen LogP contribution in [-0.4, -0.2) is 45.5 Å². The summed E-state index contributed by atoms with van der Waals surface area (Å²) in [6, 6.07) is 0. The molecule has 0 N–H and O–H groups in total. The van der Waals surface area contributed by atoms with E-state index in [1.807, 2.05) is 0 Å². The van der Waals surface area contributed by atoms with E-state index in [1.54, 1.807) is 0 Å². The Balaban J connectivity index is -0.000000807. The van der Waals surface area contributed by atoms with Gasteiger partial charge >= 0.3 is 23.1 Å². The predicted molar refractivity (Wildman–Crippen MR) is 210 cm³/mol.